The predicted molar refractivity (Wildman–Crippen MR) is 118 cm³/mol. The zero-order valence-corrected chi connectivity index (χ0v) is 18.1. The molecule has 0 saturated carbocycles. The van der Waals surface area contributed by atoms with Gasteiger partial charge in [0.15, 0.2) is 5.96 Å². The van der Waals surface area contributed by atoms with E-state index in [0.29, 0.717) is 12.5 Å². The highest BCUT2D eigenvalue weighted by Gasteiger charge is 2.23. The number of guanidine groups is 1. The van der Waals surface area contributed by atoms with Gasteiger partial charge < -0.3 is 20.3 Å². The summed E-state index contributed by atoms with van der Waals surface area (Å²) in [5.74, 6) is 2.39. The van der Waals surface area contributed by atoms with Crippen molar-refractivity contribution in [3.63, 3.8) is 0 Å². The van der Waals surface area contributed by atoms with Crippen LogP contribution in [0.1, 0.15) is 28.9 Å². The maximum Gasteiger partial charge on any atom is 0.191 e. The van der Waals surface area contributed by atoms with Crippen LogP contribution >= 0.6 is 11.3 Å². The van der Waals surface area contributed by atoms with E-state index < -0.39 is 0 Å². The average Bonchev–Trinajstić information content (AvgIpc) is 3.30. The van der Waals surface area contributed by atoms with E-state index in [4.69, 9.17) is 9.73 Å². The molecular weight excluding hydrogens is 370 g/mol. The Morgan fingerprint density at radius 2 is 2.21 bits per heavy atom. The lowest BCUT2D eigenvalue weighted by Gasteiger charge is -2.20. The summed E-state index contributed by atoms with van der Waals surface area (Å²) in [6.07, 6.45) is 1.18. The van der Waals surface area contributed by atoms with Crippen LogP contribution in [0.4, 0.5) is 5.69 Å². The summed E-state index contributed by atoms with van der Waals surface area (Å²) >= 11 is 1.73. The van der Waals surface area contributed by atoms with Crippen molar-refractivity contribution in [1.82, 2.24) is 15.6 Å². The summed E-state index contributed by atoms with van der Waals surface area (Å²) in [7, 11) is 1.71. The van der Waals surface area contributed by atoms with Crippen LogP contribution in [0.25, 0.3) is 0 Å². The van der Waals surface area contributed by atoms with Gasteiger partial charge in [-0.25, -0.2) is 9.98 Å². The smallest absolute Gasteiger partial charge is 0.191 e. The molecule has 0 amide bonds. The van der Waals surface area contributed by atoms with Gasteiger partial charge in [-0.15, -0.1) is 11.3 Å². The van der Waals surface area contributed by atoms with Gasteiger partial charge in [0.05, 0.1) is 24.4 Å². The molecule has 1 aromatic heterocycles. The minimum atomic E-state index is 0.599. The quantitative estimate of drug-likeness (QED) is 0.550. The van der Waals surface area contributed by atoms with E-state index in [2.05, 4.69) is 52.6 Å². The first-order valence-electron chi connectivity index (χ1n) is 9.93. The standard InChI is InChI=1S/C21H31N5OS/c1-5-22-21(24-13-20-15(2)25-16(3)28-20)23-12-17-9-10-26(14-17)18-7-6-8-19(11-18)27-4/h6-8,11,17H,5,9-10,12-14H2,1-4H3,(H2,22,23,24). The van der Waals surface area contributed by atoms with Crippen molar-refractivity contribution in [2.45, 2.75) is 33.7 Å². The largest absolute Gasteiger partial charge is 0.497 e. The zero-order valence-electron chi connectivity index (χ0n) is 17.3. The number of rotatable bonds is 7. The van der Waals surface area contributed by atoms with Crippen LogP contribution < -0.4 is 20.3 Å². The van der Waals surface area contributed by atoms with Crippen LogP contribution in [0, 0.1) is 19.8 Å². The van der Waals surface area contributed by atoms with Gasteiger partial charge in [0.25, 0.3) is 0 Å². The molecule has 0 radical (unpaired) electrons. The van der Waals surface area contributed by atoms with E-state index in [0.717, 1.165) is 48.6 Å². The number of aryl methyl sites for hydroxylation is 2. The van der Waals surface area contributed by atoms with E-state index in [-0.39, 0.29) is 0 Å². The normalized spacial score (nSPS) is 17.1. The van der Waals surface area contributed by atoms with E-state index in [9.17, 15) is 0 Å². The molecule has 1 fully saturated rings. The Balaban J connectivity index is 1.54. The third-order valence-electron chi connectivity index (χ3n) is 4.99. The number of benzene rings is 1. The molecule has 1 saturated heterocycles. The van der Waals surface area contributed by atoms with Crippen molar-refractivity contribution in [1.29, 1.82) is 0 Å². The Kier molecular flexibility index (Phi) is 7.14. The van der Waals surface area contributed by atoms with Gasteiger partial charge >= 0.3 is 0 Å². The maximum absolute atomic E-state index is 5.35. The molecule has 28 heavy (non-hydrogen) atoms. The third kappa shape index (κ3) is 5.38. The summed E-state index contributed by atoms with van der Waals surface area (Å²) in [5.41, 5.74) is 2.32. The molecule has 1 aliphatic rings. The second-order valence-corrected chi connectivity index (χ2v) is 8.41. The van der Waals surface area contributed by atoms with Gasteiger partial charge in [-0.2, -0.15) is 0 Å². The number of aliphatic imine (C=N–C) groups is 1. The van der Waals surface area contributed by atoms with Gasteiger partial charge in [-0.1, -0.05) is 6.07 Å². The predicted octanol–water partition coefficient (Wildman–Crippen LogP) is 3.35. The fraction of sp³-hybridized carbons (Fsp3) is 0.524. The summed E-state index contributed by atoms with van der Waals surface area (Å²) in [5, 5.41) is 7.98. The number of anilines is 1. The first-order valence-corrected chi connectivity index (χ1v) is 10.7. The molecule has 1 aliphatic heterocycles. The summed E-state index contributed by atoms with van der Waals surface area (Å²) in [4.78, 5) is 12.9. The van der Waals surface area contributed by atoms with Gasteiger partial charge in [0.2, 0.25) is 0 Å². The highest BCUT2D eigenvalue weighted by atomic mass is 32.1. The molecule has 2 N–H and O–H groups in total. The second-order valence-electron chi connectivity index (χ2n) is 7.12. The monoisotopic (exact) mass is 401 g/mol. The molecule has 1 aromatic carbocycles. The highest BCUT2D eigenvalue weighted by Crippen LogP contribution is 2.26. The molecule has 3 rings (SSSR count). The van der Waals surface area contributed by atoms with Gasteiger partial charge in [0, 0.05) is 42.8 Å². The average molecular weight is 402 g/mol. The van der Waals surface area contributed by atoms with Gasteiger partial charge in [-0.05, 0) is 45.2 Å². The Labute approximate surface area is 172 Å². The molecular formula is C21H31N5OS. The van der Waals surface area contributed by atoms with E-state index in [1.165, 1.54) is 17.0 Å². The van der Waals surface area contributed by atoms with Crippen molar-refractivity contribution in [3.05, 3.63) is 39.8 Å². The van der Waals surface area contributed by atoms with Gasteiger partial charge in [0.1, 0.15) is 5.75 Å². The molecule has 2 heterocycles. The Bertz CT molecular complexity index is 804. The lowest BCUT2D eigenvalue weighted by Crippen LogP contribution is -2.40. The Hall–Kier alpha value is -2.28. The first-order chi connectivity index (χ1) is 13.6. The molecule has 0 bridgehead atoms. The Morgan fingerprint density at radius 1 is 1.36 bits per heavy atom. The number of aromatic nitrogens is 1. The number of nitrogens with zero attached hydrogens (tertiary/aromatic N) is 3. The number of nitrogens with one attached hydrogen (secondary N) is 2. The number of hydrogen-bond donors (Lipinski definition) is 2. The molecule has 2 aromatic rings. The summed E-state index contributed by atoms with van der Waals surface area (Å²) in [6, 6.07) is 8.31. The second kappa shape index (κ2) is 9.78. The number of thiazole rings is 1. The van der Waals surface area contributed by atoms with Crippen LogP contribution in [0.5, 0.6) is 5.75 Å². The molecule has 1 atom stereocenters. The molecule has 152 valence electrons. The van der Waals surface area contributed by atoms with Crippen LogP contribution in [-0.2, 0) is 6.54 Å². The van der Waals surface area contributed by atoms with Crippen molar-refractivity contribution in [3.8, 4) is 5.75 Å². The summed E-state index contributed by atoms with van der Waals surface area (Å²) in [6.45, 7) is 10.8. The Morgan fingerprint density at radius 3 is 2.93 bits per heavy atom. The minimum absolute atomic E-state index is 0.599. The van der Waals surface area contributed by atoms with Crippen molar-refractivity contribution in [2.75, 3.05) is 38.2 Å². The number of methoxy groups -OCH3 is 1. The molecule has 0 aliphatic carbocycles. The number of ether oxygens (including phenoxy) is 1. The zero-order chi connectivity index (χ0) is 19.9. The maximum atomic E-state index is 5.35. The van der Waals surface area contributed by atoms with E-state index in [1.54, 1.807) is 18.4 Å². The lowest BCUT2D eigenvalue weighted by molar-refractivity contribution is 0.415. The van der Waals surface area contributed by atoms with Crippen LogP contribution in [0.2, 0.25) is 0 Å². The van der Waals surface area contributed by atoms with Gasteiger partial charge in [-0.3, -0.25) is 0 Å². The van der Waals surface area contributed by atoms with E-state index in [1.807, 2.05) is 13.0 Å². The molecule has 6 nitrogen and oxygen atoms in total. The summed E-state index contributed by atoms with van der Waals surface area (Å²) < 4.78 is 5.35. The molecule has 1 unspecified atom stereocenters. The van der Waals surface area contributed by atoms with Crippen LogP contribution in [0.15, 0.2) is 29.3 Å². The van der Waals surface area contributed by atoms with Crippen molar-refractivity contribution in [2.24, 2.45) is 10.9 Å². The lowest BCUT2D eigenvalue weighted by atomic mass is 10.1. The molecule has 7 heteroatoms. The fourth-order valence-corrected chi connectivity index (χ4v) is 4.36. The first kappa shape index (κ1) is 20.5. The van der Waals surface area contributed by atoms with Crippen molar-refractivity contribution >= 4 is 23.0 Å². The third-order valence-corrected chi connectivity index (χ3v) is 6.04. The van der Waals surface area contributed by atoms with Crippen molar-refractivity contribution < 1.29 is 4.74 Å². The topological polar surface area (TPSA) is 61.8 Å². The number of hydrogen-bond acceptors (Lipinski definition) is 5. The highest BCUT2D eigenvalue weighted by molar-refractivity contribution is 7.11. The van der Waals surface area contributed by atoms with Crippen LogP contribution in [0.3, 0.4) is 0 Å². The SMILES string of the molecule is CCNC(=NCc1sc(C)nc1C)NCC1CCN(c2cccc(OC)c2)C1. The van der Waals surface area contributed by atoms with E-state index >= 15 is 0 Å². The van der Waals surface area contributed by atoms with Crippen LogP contribution in [-0.4, -0.2) is 44.2 Å². The minimum Gasteiger partial charge on any atom is -0.497 e. The molecule has 0 spiro atoms. The fourth-order valence-electron chi connectivity index (χ4n) is 3.49.